The summed E-state index contributed by atoms with van der Waals surface area (Å²) in [5.74, 6) is 1.56. The molecule has 0 saturated heterocycles. The molecule has 0 unspecified atom stereocenters. The van der Waals surface area contributed by atoms with Crippen LogP contribution in [0.1, 0.15) is 34.2 Å². The first-order chi connectivity index (χ1) is 11.6. The van der Waals surface area contributed by atoms with E-state index >= 15 is 0 Å². The first kappa shape index (κ1) is 16.0. The van der Waals surface area contributed by atoms with Crippen LogP contribution in [0.5, 0.6) is 11.6 Å². The summed E-state index contributed by atoms with van der Waals surface area (Å²) in [6, 6.07) is 6.96. The molecule has 124 valence electrons. The van der Waals surface area contributed by atoms with Gasteiger partial charge in [0.25, 0.3) is 0 Å². The van der Waals surface area contributed by atoms with E-state index in [-0.39, 0.29) is 5.78 Å². The SMILES string of the molecule is CCc1c(OC)nc2nc(C(=O)c3ccc(OC)cc3)cn2c1C. The molecular weight excluding hydrogens is 306 g/mol. The number of aryl methyl sites for hydroxylation is 1. The molecule has 2 heterocycles. The van der Waals surface area contributed by atoms with E-state index in [0.29, 0.717) is 28.7 Å². The Morgan fingerprint density at radius 1 is 1.12 bits per heavy atom. The van der Waals surface area contributed by atoms with Crippen molar-refractivity contribution in [3.63, 3.8) is 0 Å². The van der Waals surface area contributed by atoms with Gasteiger partial charge in [0.15, 0.2) is 0 Å². The van der Waals surface area contributed by atoms with E-state index in [9.17, 15) is 4.79 Å². The molecule has 0 radical (unpaired) electrons. The fourth-order valence-electron chi connectivity index (χ4n) is 2.73. The number of aromatic nitrogens is 3. The molecule has 1 aromatic carbocycles. The van der Waals surface area contributed by atoms with Crippen molar-refractivity contribution in [2.45, 2.75) is 20.3 Å². The number of fused-ring (bicyclic) bond motifs is 1. The third kappa shape index (κ3) is 2.60. The number of rotatable bonds is 5. The minimum Gasteiger partial charge on any atom is -0.497 e. The van der Waals surface area contributed by atoms with Crippen molar-refractivity contribution in [3.05, 3.63) is 53.0 Å². The van der Waals surface area contributed by atoms with Gasteiger partial charge >= 0.3 is 0 Å². The van der Waals surface area contributed by atoms with Crippen LogP contribution in [-0.2, 0) is 6.42 Å². The van der Waals surface area contributed by atoms with E-state index in [4.69, 9.17) is 9.47 Å². The molecule has 0 spiro atoms. The topological polar surface area (TPSA) is 65.7 Å². The number of imidazole rings is 1. The lowest BCUT2D eigenvalue weighted by molar-refractivity contribution is 0.103. The van der Waals surface area contributed by atoms with Crippen LogP contribution in [0.4, 0.5) is 0 Å². The lowest BCUT2D eigenvalue weighted by Gasteiger charge is -2.10. The Bertz CT molecular complexity index is 898. The zero-order chi connectivity index (χ0) is 17.3. The van der Waals surface area contributed by atoms with E-state index in [2.05, 4.69) is 9.97 Å². The average molecular weight is 325 g/mol. The summed E-state index contributed by atoms with van der Waals surface area (Å²) in [6.07, 6.45) is 2.51. The van der Waals surface area contributed by atoms with Crippen molar-refractivity contribution in [2.75, 3.05) is 14.2 Å². The molecule has 6 nitrogen and oxygen atoms in total. The van der Waals surface area contributed by atoms with Gasteiger partial charge in [-0.1, -0.05) is 6.92 Å². The second kappa shape index (κ2) is 6.31. The number of hydrogen-bond donors (Lipinski definition) is 0. The van der Waals surface area contributed by atoms with Crippen LogP contribution >= 0.6 is 0 Å². The second-order valence-corrected chi connectivity index (χ2v) is 5.39. The molecule has 0 aliphatic heterocycles. The summed E-state index contributed by atoms with van der Waals surface area (Å²) in [4.78, 5) is 21.4. The summed E-state index contributed by atoms with van der Waals surface area (Å²) >= 11 is 0. The number of carbonyl (C=O) groups is 1. The number of ketones is 1. The maximum atomic E-state index is 12.7. The predicted octanol–water partition coefficient (Wildman–Crippen LogP) is 2.85. The number of nitrogens with zero attached hydrogens (tertiary/aromatic N) is 3. The third-order valence-electron chi connectivity index (χ3n) is 4.08. The number of ether oxygens (including phenoxy) is 2. The van der Waals surface area contributed by atoms with E-state index in [1.807, 2.05) is 18.2 Å². The third-order valence-corrected chi connectivity index (χ3v) is 4.08. The molecule has 24 heavy (non-hydrogen) atoms. The van der Waals surface area contributed by atoms with Crippen LogP contribution in [0, 0.1) is 6.92 Å². The Hall–Kier alpha value is -2.89. The Morgan fingerprint density at radius 3 is 2.42 bits per heavy atom. The van der Waals surface area contributed by atoms with Crippen LogP contribution in [-0.4, -0.2) is 34.4 Å². The lowest BCUT2D eigenvalue weighted by atomic mass is 10.1. The molecule has 0 aliphatic rings. The van der Waals surface area contributed by atoms with E-state index < -0.39 is 0 Å². The summed E-state index contributed by atoms with van der Waals surface area (Å²) in [5, 5.41) is 0. The number of benzene rings is 1. The van der Waals surface area contributed by atoms with Gasteiger partial charge in [-0.25, -0.2) is 4.98 Å². The highest BCUT2D eigenvalue weighted by atomic mass is 16.5. The monoisotopic (exact) mass is 325 g/mol. The largest absolute Gasteiger partial charge is 0.497 e. The van der Waals surface area contributed by atoms with Gasteiger partial charge in [0.2, 0.25) is 17.4 Å². The van der Waals surface area contributed by atoms with Crippen molar-refractivity contribution >= 4 is 11.6 Å². The summed E-state index contributed by atoms with van der Waals surface area (Å²) in [7, 11) is 3.18. The maximum absolute atomic E-state index is 12.7. The summed E-state index contributed by atoms with van der Waals surface area (Å²) < 4.78 is 12.3. The number of methoxy groups -OCH3 is 2. The molecule has 0 atom stereocenters. The normalized spacial score (nSPS) is 10.8. The fraction of sp³-hybridized carbons (Fsp3) is 0.278. The van der Waals surface area contributed by atoms with E-state index in [1.165, 1.54) is 0 Å². The number of carbonyl (C=O) groups excluding carboxylic acids is 1. The minimum absolute atomic E-state index is 0.153. The molecule has 6 heteroatoms. The molecule has 0 amide bonds. The lowest BCUT2D eigenvalue weighted by Crippen LogP contribution is -2.03. The molecule has 0 bridgehead atoms. The smallest absolute Gasteiger partial charge is 0.237 e. The highest BCUT2D eigenvalue weighted by Crippen LogP contribution is 2.23. The van der Waals surface area contributed by atoms with Gasteiger partial charge in [0, 0.05) is 23.0 Å². The van der Waals surface area contributed by atoms with Gasteiger partial charge in [-0.15, -0.1) is 0 Å². The minimum atomic E-state index is -0.153. The highest BCUT2D eigenvalue weighted by Gasteiger charge is 2.18. The first-order valence-corrected chi connectivity index (χ1v) is 7.70. The molecule has 3 rings (SSSR count). The Morgan fingerprint density at radius 2 is 1.83 bits per heavy atom. The molecule has 0 aliphatic carbocycles. The fourth-order valence-corrected chi connectivity index (χ4v) is 2.73. The average Bonchev–Trinajstić information content (AvgIpc) is 3.05. The van der Waals surface area contributed by atoms with Crippen molar-refractivity contribution in [1.82, 2.24) is 14.4 Å². The van der Waals surface area contributed by atoms with Crippen molar-refractivity contribution in [3.8, 4) is 11.6 Å². The Balaban J connectivity index is 2.06. The van der Waals surface area contributed by atoms with Gasteiger partial charge in [0.1, 0.15) is 11.4 Å². The second-order valence-electron chi connectivity index (χ2n) is 5.39. The highest BCUT2D eigenvalue weighted by molar-refractivity contribution is 6.08. The Labute approximate surface area is 140 Å². The van der Waals surface area contributed by atoms with E-state index in [1.54, 1.807) is 44.7 Å². The quantitative estimate of drug-likeness (QED) is 0.675. The van der Waals surface area contributed by atoms with Crippen LogP contribution < -0.4 is 9.47 Å². The zero-order valence-electron chi connectivity index (χ0n) is 14.2. The molecule has 2 aromatic heterocycles. The number of hydrogen-bond acceptors (Lipinski definition) is 5. The maximum Gasteiger partial charge on any atom is 0.237 e. The summed E-state index contributed by atoms with van der Waals surface area (Å²) in [6.45, 7) is 4.01. The van der Waals surface area contributed by atoms with Crippen LogP contribution in [0.25, 0.3) is 5.78 Å². The van der Waals surface area contributed by atoms with Crippen molar-refractivity contribution < 1.29 is 14.3 Å². The van der Waals surface area contributed by atoms with Crippen LogP contribution in [0.3, 0.4) is 0 Å². The molecular formula is C18H19N3O3. The molecule has 0 saturated carbocycles. The summed E-state index contributed by atoms with van der Waals surface area (Å²) in [5.41, 5.74) is 2.89. The first-order valence-electron chi connectivity index (χ1n) is 7.70. The van der Waals surface area contributed by atoms with Crippen molar-refractivity contribution in [2.24, 2.45) is 0 Å². The van der Waals surface area contributed by atoms with Gasteiger partial charge in [-0.3, -0.25) is 9.20 Å². The Kier molecular flexibility index (Phi) is 4.20. The van der Waals surface area contributed by atoms with Gasteiger partial charge in [0.05, 0.1) is 14.2 Å². The van der Waals surface area contributed by atoms with Crippen LogP contribution in [0.2, 0.25) is 0 Å². The van der Waals surface area contributed by atoms with Crippen LogP contribution in [0.15, 0.2) is 30.5 Å². The molecule has 3 aromatic rings. The zero-order valence-corrected chi connectivity index (χ0v) is 14.2. The van der Waals surface area contributed by atoms with E-state index in [0.717, 1.165) is 17.7 Å². The standard InChI is InChI=1S/C18H19N3O3/c1-5-14-11(2)21-10-15(19-18(21)20-17(14)24-4)16(22)12-6-8-13(23-3)9-7-12/h6-10H,5H2,1-4H3. The van der Waals surface area contributed by atoms with Gasteiger partial charge in [-0.05, 0) is 37.6 Å². The van der Waals surface area contributed by atoms with Gasteiger partial charge in [-0.2, -0.15) is 4.98 Å². The van der Waals surface area contributed by atoms with Crippen molar-refractivity contribution in [1.29, 1.82) is 0 Å². The predicted molar refractivity (Wildman–Crippen MR) is 90.1 cm³/mol. The van der Waals surface area contributed by atoms with Gasteiger partial charge < -0.3 is 9.47 Å². The molecule has 0 fully saturated rings. The molecule has 0 N–H and O–H groups in total.